The molecule has 0 aliphatic heterocycles. The first-order valence-electron chi connectivity index (χ1n) is 10.1. The minimum absolute atomic E-state index is 0.0980. The third kappa shape index (κ3) is 5.47. The summed E-state index contributed by atoms with van der Waals surface area (Å²) in [5.74, 6) is 1.41. The lowest BCUT2D eigenvalue weighted by molar-refractivity contribution is -0.124. The van der Waals surface area contributed by atoms with Crippen LogP contribution in [0.5, 0.6) is 5.75 Å². The molecular weight excluding hydrogens is 378 g/mol. The molecule has 1 N–H and O–H groups in total. The Morgan fingerprint density at radius 1 is 1.00 bits per heavy atom. The van der Waals surface area contributed by atoms with Crippen LogP contribution in [0.3, 0.4) is 0 Å². The van der Waals surface area contributed by atoms with Crippen molar-refractivity contribution < 1.29 is 14.1 Å². The smallest absolute Gasteiger partial charge is 0.258 e. The third-order valence-corrected chi connectivity index (χ3v) is 4.65. The number of rotatable bonds is 7. The second-order valence-corrected chi connectivity index (χ2v) is 8.91. The molecule has 0 saturated carbocycles. The lowest BCUT2D eigenvalue weighted by Gasteiger charge is -2.22. The first-order valence-corrected chi connectivity index (χ1v) is 10.1. The fraction of sp³-hybridized carbons (Fsp3) is 0.375. The lowest BCUT2D eigenvalue weighted by atomic mass is 9.97. The van der Waals surface area contributed by atoms with Crippen LogP contribution in [-0.2, 0) is 22.2 Å². The number of hydrogen-bond acceptors (Lipinski definition) is 5. The molecule has 0 fully saturated rings. The summed E-state index contributed by atoms with van der Waals surface area (Å²) in [5.41, 5.74) is 1.18. The van der Waals surface area contributed by atoms with E-state index in [1.165, 1.54) is 5.56 Å². The topological polar surface area (TPSA) is 77.2 Å². The van der Waals surface area contributed by atoms with Crippen LogP contribution in [0.4, 0.5) is 0 Å². The SMILES string of the molecule is CC(C)(C)c1nc(C(C)(C)NC(=O)COc2ccccc2Cc2ccccc2)no1. The molecule has 3 rings (SSSR count). The number of amides is 1. The molecule has 1 heterocycles. The monoisotopic (exact) mass is 407 g/mol. The summed E-state index contributed by atoms with van der Waals surface area (Å²) in [7, 11) is 0. The zero-order valence-electron chi connectivity index (χ0n) is 18.2. The number of benzene rings is 2. The number of carbonyl (C=O) groups is 1. The molecule has 2 aromatic carbocycles. The predicted octanol–water partition coefficient (Wildman–Crippen LogP) is 4.39. The van der Waals surface area contributed by atoms with Crippen molar-refractivity contribution in [3.05, 3.63) is 77.4 Å². The molecule has 6 nitrogen and oxygen atoms in total. The van der Waals surface area contributed by atoms with E-state index >= 15 is 0 Å². The van der Waals surface area contributed by atoms with Crippen molar-refractivity contribution in [2.45, 2.75) is 52.0 Å². The maximum absolute atomic E-state index is 12.6. The van der Waals surface area contributed by atoms with E-state index in [4.69, 9.17) is 9.26 Å². The number of hydrogen-bond donors (Lipinski definition) is 1. The summed E-state index contributed by atoms with van der Waals surface area (Å²) < 4.78 is 11.2. The molecule has 0 unspecified atom stereocenters. The molecule has 0 saturated heterocycles. The van der Waals surface area contributed by atoms with E-state index in [2.05, 4.69) is 27.6 Å². The highest BCUT2D eigenvalue weighted by Gasteiger charge is 2.31. The van der Waals surface area contributed by atoms with Gasteiger partial charge in [-0.2, -0.15) is 4.98 Å². The quantitative estimate of drug-likeness (QED) is 0.629. The number of nitrogens with one attached hydrogen (secondary N) is 1. The van der Waals surface area contributed by atoms with E-state index in [-0.39, 0.29) is 17.9 Å². The van der Waals surface area contributed by atoms with Crippen molar-refractivity contribution in [1.82, 2.24) is 15.5 Å². The highest BCUT2D eigenvalue weighted by molar-refractivity contribution is 5.78. The molecule has 0 aliphatic rings. The van der Waals surface area contributed by atoms with Gasteiger partial charge in [0.05, 0.1) is 5.54 Å². The van der Waals surface area contributed by atoms with Gasteiger partial charge in [-0.25, -0.2) is 0 Å². The molecule has 6 heteroatoms. The second kappa shape index (κ2) is 8.69. The Hall–Kier alpha value is -3.15. The number of ether oxygens (including phenoxy) is 1. The average molecular weight is 408 g/mol. The molecule has 0 aliphatic carbocycles. The van der Waals surface area contributed by atoms with Crippen LogP contribution in [0.15, 0.2) is 59.1 Å². The Bertz CT molecular complexity index is 988. The number of para-hydroxylation sites is 1. The molecule has 3 aromatic rings. The molecule has 0 radical (unpaired) electrons. The predicted molar refractivity (Wildman–Crippen MR) is 115 cm³/mol. The van der Waals surface area contributed by atoms with Crippen molar-refractivity contribution in [3.8, 4) is 5.75 Å². The van der Waals surface area contributed by atoms with E-state index in [1.807, 2.05) is 77.1 Å². The molecule has 0 atom stereocenters. The largest absolute Gasteiger partial charge is 0.483 e. The maximum atomic E-state index is 12.6. The van der Waals surface area contributed by atoms with Crippen molar-refractivity contribution in [2.24, 2.45) is 0 Å². The van der Waals surface area contributed by atoms with E-state index in [1.54, 1.807) is 0 Å². The van der Waals surface area contributed by atoms with Crippen LogP contribution in [0.2, 0.25) is 0 Å². The minimum atomic E-state index is -0.781. The second-order valence-electron chi connectivity index (χ2n) is 8.91. The Morgan fingerprint density at radius 2 is 1.67 bits per heavy atom. The summed E-state index contributed by atoms with van der Waals surface area (Å²) in [4.78, 5) is 17.0. The average Bonchev–Trinajstić information content (AvgIpc) is 3.20. The van der Waals surface area contributed by atoms with E-state index in [0.717, 1.165) is 12.0 Å². The maximum Gasteiger partial charge on any atom is 0.258 e. The van der Waals surface area contributed by atoms with Crippen LogP contribution in [0, 0.1) is 0 Å². The molecule has 0 spiro atoms. The van der Waals surface area contributed by atoms with Crippen molar-refractivity contribution in [2.75, 3.05) is 6.61 Å². The van der Waals surface area contributed by atoms with Gasteiger partial charge < -0.3 is 14.6 Å². The fourth-order valence-electron chi connectivity index (χ4n) is 2.97. The first-order chi connectivity index (χ1) is 14.1. The summed E-state index contributed by atoms with van der Waals surface area (Å²) in [6.45, 7) is 9.57. The van der Waals surface area contributed by atoms with E-state index < -0.39 is 5.54 Å². The number of carbonyl (C=O) groups excluding carboxylic acids is 1. The molecule has 0 bridgehead atoms. The van der Waals surface area contributed by atoms with Gasteiger partial charge in [0.25, 0.3) is 5.91 Å². The van der Waals surface area contributed by atoms with Crippen molar-refractivity contribution in [3.63, 3.8) is 0 Å². The van der Waals surface area contributed by atoms with Gasteiger partial charge in [0.15, 0.2) is 12.4 Å². The van der Waals surface area contributed by atoms with Gasteiger partial charge in [0.2, 0.25) is 5.89 Å². The van der Waals surface area contributed by atoms with Gasteiger partial charge >= 0.3 is 0 Å². The lowest BCUT2D eigenvalue weighted by Crippen LogP contribution is -2.44. The highest BCUT2D eigenvalue weighted by Crippen LogP contribution is 2.24. The van der Waals surface area contributed by atoms with Gasteiger partial charge in [-0.15, -0.1) is 0 Å². The highest BCUT2D eigenvalue weighted by atomic mass is 16.5. The Kier molecular flexibility index (Phi) is 6.25. The zero-order valence-corrected chi connectivity index (χ0v) is 18.2. The van der Waals surface area contributed by atoms with Crippen LogP contribution >= 0.6 is 0 Å². The summed E-state index contributed by atoms with van der Waals surface area (Å²) in [6.07, 6.45) is 0.739. The third-order valence-electron chi connectivity index (χ3n) is 4.65. The minimum Gasteiger partial charge on any atom is -0.483 e. The van der Waals surface area contributed by atoms with E-state index in [9.17, 15) is 4.79 Å². The van der Waals surface area contributed by atoms with Gasteiger partial charge in [0, 0.05) is 11.8 Å². The van der Waals surface area contributed by atoms with Crippen molar-refractivity contribution in [1.29, 1.82) is 0 Å². The normalized spacial score (nSPS) is 11.9. The van der Waals surface area contributed by atoms with Crippen LogP contribution in [0.25, 0.3) is 0 Å². The number of aromatic nitrogens is 2. The Labute approximate surface area is 177 Å². The van der Waals surface area contributed by atoms with Crippen LogP contribution in [-0.4, -0.2) is 22.7 Å². The first kappa shape index (κ1) is 21.6. The summed E-state index contributed by atoms with van der Waals surface area (Å²) in [6, 6.07) is 17.9. The van der Waals surface area contributed by atoms with Crippen LogP contribution in [0.1, 0.15) is 57.5 Å². The Morgan fingerprint density at radius 3 is 2.33 bits per heavy atom. The Balaban J connectivity index is 1.63. The summed E-state index contributed by atoms with van der Waals surface area (Å²) >= 11 is 0. The standard InChI is InChI=1S/C24H29N3O3/c1-23(2,3)22-25-21(27-30-22)24(4,5)26-20(28)16-29-19-14-10-9-13-18(19)15-17-11-7-6-8-12-17/h6-14H,15-16H2,1-5H3,(H,26,28). The van der Waals surface area contributed by atoms with Crippen LogP contribution < -0.4 is 10.1 Å². The molecular formula is C24H29N3O3. The molecule has 1 amide bonds. The van der Waals surface area contributed by atoms with E-state index in [0.29, 0.717) is 17.5 Å². The number of nitrogens with zero attached hydrogens (tertiary/aromatic N) is 2. The van der Waals surface area contributed by atoms with Gasteiger partial charge in [-0.1, -0.05) is 74.5 Å². The zero-order chi connectivity index (χ0) is 21.8. The van der Waals surface area contributed by atoms with Crippen molar-refractivity contribution >= 4 is 5.91 Å². The summed E-state index contributed by atoms with van der Waals surface area (Å²) in [5, 5.41) is 6.97. The fourth-order valence-corrected chi connectivity index (χ4v) is 2.97. The molecule has 1 aromatic heterocycles. The van der Waals surface area contributed by atoms with Gasteiger partial charge in [0.1, 0.15) is 5.75 Å². The van der Waals surface area contributed by atoms with Gasteiger partial charge in [-0.3, -0.25) is 4.79 Å². The molecule has 30 heavy (non-hydrogen) atoms. The van der Waals surface area contributed by atoms with Gasteiger partial charge in [-0.05, 0) is 31.0 Å². The molecule has 158 valence electrons.